The van der Waals surface area contributed by atoms with Crippen molar-refractivity contribution >= 4 is 18.6 Å². The second-order valence-corrected chi connectivity index (χ2v) is 4.93. The van der Waals surface area contributed by atoms with Crippen molar-refractivity contribution in [2.45, 2.75) is 24.7 Å². The van der Waals surface area contributed by atoms with Gasteiger partial charge in [-0.2, -0.15) is 0 Å². The fourth-order valence-corrected chi connectivity index (χ4v) is 1.95. The van der Waals surface area contributed by atoms with E-state index in [0.717, 1.165) is 18.9 Å². The van der Waals surface area contributed by atoms with E-state index in [1.54, 1.807) is 12.1 Å². The number of benzene rings is 2. The minimum Gasteiger partial charge on any atom is -0.423 e. The van der Waals surface area contributed by atoms with Gasteiger partial charge in [0.1, 0.15) is 11.6 Å². The monoisotopic (exact) mass is 290 g/mol. The molecule has 0 atom stereocenters. The number of ether oxygens (including phenoxy) is 1. The number of carbonyl (C=O) groups excluding carboxylic acids is 1. The fourth-order valence-electron chi connectivity index (χ4n) is 1.81. The van der Waals surface area contributed by atoms with Crippen molar-refractivity contribution in [3.8, 4) is 5.75 Å². The van der Waals surface area contributed by atoms with Gasteiger partial charge in [-0.25, -0.2) is 9.18 Å². The van der Waals surface area contributed by atoms with Crippen LogP contribution in [0.15, 0.2) is 47.4 Å². The number of carbonyl (C=O) groups is 1. The Morgan fingerprint density at radius 2 is 1.90 bits per heavy atom. The van der Waals surface area contributed by atoms with E-state index in [1.165, 1.54) is 17.7 Å². The molecule has 0 unspecified atom stereocenters. The largest absolute Gasteiger partial charge is 0.423 e. The predicted molar refractivity (Wildman–Crippen MR) is 79.0 cm³/mol. The third-order valence-corrected chi connectivity index (χ3v) is 3.22. The van der Waals surface area contributed by atoms with Crippen molar-refractivity contribution in [3.63, 3.8) is 0 Å². The van der Waals surface area contributed by atoms with Crippen LogP contribution in [0.4, 0.5) is 4.39 Å². The lowest BCUT2D eigenvalue weighted by atomic mass is 10.1. The molecule has 0 amide bonds. The number of halogens is 1. The first-order chi connectivity index (χ1) is 9.60. The zero-order valence-electron chi connectivity index (χ0n) is 11.1. The van der Waals surface area contributed by atoms with Crippen LogP contribution in [-0.2, 0) is 6.42 Å². The highest BCUT2D eigenvalue weighted by molar-refractivity contribution is 7.80. The Morgan fingerprint density at radius 1 is 1.20 bits per heavy atom. The zero-order chi connectivity index (χ0) is 14.5. The third kappa shape index (κ3) is 3.61. The van der Waals surface area contributed by atoms with Crippen molar-refractivity contribution in [1.29, 1.82) is 0 Å². The van der Waals surface area contributed by atoms with Gasteiger partial charge in [0.2, 0.25) is 0 Å². The van der Waals surface area contributed by atoms with Gasteiger partial charge < -0.3 is 4.74 Å². The van der Waals surface area contributed by atoms with Gasteiger partial charge in [-0.15, -0.1) is 12.6 Å². The van der Waals surface area contributed by atoms with Crippen molar-refractivity contribution in [3.05, 3.63) is 59.4 Å². The standard InChI is InChI=1S/C16H15FO2S/c1-2-3-11-4-6-12(7-5-11)16(18)19-13-8-9-15(20)14(17)10-13/h4-10,20H,2-3H2,1H3. The van der Waals surface area contributed by atoms with Crippen molar-refractivity contribution in [2.75, 3.05) is 0 Å². The maximum absolute atomic E-state index is 13.3. The van der Waals surface area contributed by atoms with Gasteiger partial charge in [0.15, 0.2) is 0 Å². The molecule has 0 heterocycles. The van der Waals surface area contributed by atoms with E-state index in [9.17, 15) is 9.18 Å². The van der Waals surface area contributed by atoms with Crippen LogP contribution in [-0.4, -0.2) is 5.97 Å². The van der Waals surface area contributed by atoms with E-state index < -0.39 is 11.8 Å². The summed E-state index contributed by atoms with van der Waals surface area (Å²) in [4.78, 5) is 12.1. The second-order valence-electron chi connectivity index (χ2n) is 4.45. The molecule has 0 aromatic heterocycles. The Hall–Kier alpha value is -1.81. The van der Waals surface area contributed by atoms with Gasteiger partial charge in [0.25, 0.3) is 0 Å². The second kappa shape index (κ2) is 6.57. The molecule has 0 aliphatic heterocycles. The summed E-state index contributed by atoms with van der Waals surface area (Å²) in [6, 6.07) is 11.3. The molecule has 0 spiro atoms. The average molecular weight is 290 g/mol. The van der Waals surface area contributed by atoms with E-state index in [-0.39, 0.29) is 10.6 Å². The first-order valence-corrected chi connectivity index (χ1v) is 6.84. The Kier molecular flexibility index (Phi) is 4.79. The number of thiol groups is 1. The molecule has 0 N–H and O–H groups in total. The van der Waals surface area contributed by atoms with Crippen LogP contribution < -0.4 is 4.74 Å². The Bertz CT molecular complexity index is 608. The average Bonchev–Trinajstić information content (AvgIpc) is 2.44. The topological polar surface area (TPSA) is 26.3 Å². The van der Waals surface area contributed by atoms with Gasteiger partial charge in [-0.3, -0.25) is 0 Å². The van der Waals surface area contributed by atoms with E-state index in [4.69, 9.17) is 4.74 Å². The minimum absolute atomic E-state index is 0.169. The highest BCUT2D eigenvalue weighted by Crippen LogP contribution is 2.20. The Morgan fingerprint density at radius 3 is 2.50 bits per heavy atom. The quantitative estimate of drug-likeness (QED) is 0.516. The lowest BCUT2D eigenvalue weighted by Crippen LogP contribution is -2.08. The number of esters is 1. The highest BCUT2D eigenvalue weighted by Gasteiger charge is 2.09. The summed E-state index contributed by atoms with van der Waals surface area (Å²) in [6.07, 6.45) is 2.03. The third-order valence-electron chi connectivity index (χ3n) is 2.86. The molecular formula is C16H15FO2S. The summed E-state index contributed by atoms with van der Waals surface area (Å²) in [6.45, 7) is 2.10. The summed E-state index contributed by atoms with van der Waals surface area (Å²) < 4.78 is 18.4. The van der Waals surface area contributed by atoms with Crippen LogP contribution in [0.2, 0.25) is 0 Å². The molecule has 0 saturated heterocycles. The van der Waals surface area contributed by atoms with Gasteiger partial charge in [0.05, 0.1) is 5.56 Å². The molecule has 2 rings (SSSR count). The van der Waals surface area contributed by atoms with Gasteiger partial charge in [-0.05, 0) is 36.2 Å². The molecule has 0 aliphatic carbocycles. The predicted octanol–water partition coefficient (Wildman–Crippen LogP) is 4.29. The van der Waals surface area contributed by atoms with Crippen LogP contribution in [0.3, 0.4) is 0 Å². The van der Waals surface area contributed by atoms with Gasteiger partial charge in [0, 0.05) is 11.0 Å². The van der Waals surface area contributed by atoms with Crippen molar-refractivity contribution in [2.24, 2.45) is 0 Å². The fraction of sp³-hybridized carbons (Fsp3) is 0.188. The molecule has 0 bridgehead atoms. The lowest BCUT2D eigenvalue weighted by Gasteiger charge is -2.06. The number of aryl methyl sites for hydroxylation is 1. The van der Waals surface area contributed by atoms with Crippen LogP contribution >= 0.6 is 12.6 Å². The maximum atomic E-state index is 13.3. The number of hydrogen-bond donors (Lipinski definition) is 1. The van der Waals surface area contributed by atoms with Crippen LogP contribution in [0.1, 0.15) is 29.3 Å². The summed E-state index contributed by atoms with van der Waals surface area (Å²) in [5, 5.41) is 0. The van der Waals surface area contributed by atoms with Crippen molar-refractivity contribution in [1.82, 2.24) is 0 Å². The molecule has 2 nitrogen and oxygen atoms in total. The number of rotatable bonds is 4. The Labute approximate surface area is 123 Å². The molecule has 2 aromatic carbocycles. The Balaban J connectivity index is 2.09. The normalized spacial score (nSPS) is 10.3. The molecular weight excluding hydrogens is 275 g/mol. The van der Waals surface area contributed by atoms with Crippen LogP contribution in [0.5, 0.6) is 5.75 Å². The number of hydrogen-bond acceptors (Lipinski definition) is 3. The smallest absolute Gasteiger partial charge is 0.343 e. The molecule has 0 aliphatic rings. The van der Waals surface area contributed by atoms with Gasteiger partial charge in [-0.1, -0.05) is 25.5 Å². The van der Waals surface area contributed by atoms with E-state index in [1.807, 2.05) is 12.1 Å². The molecule has 104 valence electrons. The minimum atomic E-state index is -0.517. The molecule has 2 aromatic rings. The molecule has 0 radical (unpaired) electrons. The van der Waals surface area contributed by atoms with E-state index >= 15 is 0 Å². The summed E-state index contributed by atoms with van der Waals surface area (Å²) in [5.74, 6) is -0.848. The zero-order valence-corrected chi connectivity index (χ0v) is 12.0. The highest BCUT2D eigenvalue weighted by atomic mass is 32.1. The molecule has 4 heteroatoms. The van der Waals surface area contributed by atoms with E-state index in [2.05, 4.69) is 19.6 Å². The lowest BCUT2D eigenvalue weighted by molar-refractivity contribution is 0.0734. The summed E-state index contributed by atoms with van der Waals surface area (Å²) in [7, 11) is 0. The van der Waals surface area contributed by atoms with E-state index in [0.29, 0.717) is 5.56 Å². The van der Waals surface area contributed by atoms with Crippen LogP contribution in [0.25, 0.3) is 0 Å². The SMILES string of the molecule is CCCc1ccc(C(=O)Oc2ccc(S)c(F)c2)cc1. The molecule has 0 fully saturated rings. The molecule has 0 saturated carbocycles. The molecule has 20 heavy (non-hydrogen) atoms. The maximum Gasteiger partial charge on any atom is 0.343 e. The van der Waals surface area contributed by atoms with Crippen LogP contribution in [0, 0.1) is 5.82 Å². The van der Waals surface area contributed by atoms with Gasteiger partial charge >= 0.3 is 5.97 Å². The summed E-state index contributed by atoms with van der Waals surface area (Å²) in [5.41, 5.74) is 1.62. The summed E-state index contributed by atoms with van der Waals surface area (Å²) >= 11 is 3.92. The first kappa shape index (κ1) is 14.6. The van der Waals surface area contributed by atoms with Crippen molar-refractivity contribution < 1.29 is 13.9 Å². The first-order valence-electron chi connectivity index (χ1n) is 6.40.